The summed E-state index contributed by atoms with van der Waals surface area (Å²) in [4.78, 5) is 10.1. The lowest BCUT2D eigenvalue weighted by molar-refractivity contribution is 0.660. The van der Waals surface area contributed by atoms with E-state index in [1.807, 2.05) is 11.3 Å². The van der Waals surface area contributed by atoms with Gasteiger partial charge < -0.3 is 4.90 Å². The molecule has 4 heteroatoms. The maximum atomic E-state index is 5.13. The number of hydrogen-bond acceptors (Lipinski definition) is 3. The van der Waals surface area contributed by atoms with Crippen LogP contribution in [0.2, 0.25) is 0 Å². The Hall–Kier alpha value is -6.49. The maximum Gasteiger partial charge on any atom is 0.145 e. The SMILES string of the molecule is CC1(C)c2ccccc2-c2ccc(N(c3ccc(-c4ccc(-c5ccccc5)s4)cc3)c3ccc(-c4nc5ccccc5n4-c4ccccc4)cc3)cc21. The summed E-state index contributed by atoms with van der Waals surface area (Å²) in [6.45, 7) is 4.69. The molecule has 258 valence electrons. The van der Waals surface area contributed by atoms with Crippen molar-refractivity contribution < 1.29 is 0 Å². The van der Waals surface area contributed by atoms with E-state index in [2.05, 4.69) is 211 Å². The number of aromatic nitrogens is 2. The number of para-hydroxylation sites is 3. The summed E-state index contributed by atoms with van der Waals surface area (Å²) in [5, 5.41) is 0. The van der Waals surface area contributed by atoms with E-state index in [1.54, 1.807) is 0 Å². The van der Waals surface area contributed by atoms with E-state index in [0.29, 0.717) is 0 Å². The smallest absolute Gasteiger partial charge is 0.145 e. The van der Waals surface area contributed by atoms with Gasteiger partial charge in [0.1, 0.15) is 5.82 Å². The molecule has 0 radical (unpaired) electrons. The van der Waals surface area contributed by atoms with Crippen LogP contribution in [-0.4, -0.2) is 9.55 Å². The van der Waals surface area contributed by atoms with Gasteiger partial charge in [0.05, 0.1) is 11.0 Å². The first kappa shape index (κ1) is 32.2. The molecule has 0 atom stereocenters. The van der Waals surface area contributed by atoms with Gasteiger partial charge >= 0.3 is 0 Å². The second-order valence-electron chi connectivity index (χ2n) is 14.5. The number of fused-ring (bicyclic) bond motifs is 4. The van der Waals surface area contributed by atoms with Gasteiger partial charge in [0.25, 0.3) is 0 Å². The molecule has 0 N–H and O–H groups in total. The van der Waals surface area contributed by atoms with Gasteiger partial charge in [0, 0.05) is 43.5 Å². The molecule has 1 aliphatic carbocycles. The quantitative estimate of drug-likeness (QED) is 0.164. The summed E-state index contributed by atoms with van der Waals surface area (Å²) in [6.07, 6.45) is 0. The highest BCUT2D eigenvalue weighted by Gasteiger charge is 2.35. The molecular formula is C50H37N3S. The molecule has 0 saturated heterocycles. The Labute approximate surface area is 320 Å². The zero-order valence-corrected chi connectivity index (χ0v) is 31.0. The summed E-state index contributed by atoms with van der Waals surface area (Å²) in [5.41, 5.74) is 15.3. The van der Waals surface area contributed by atoms with E-state index in [0.717, 1.165) is 45.2 Å². The van der Waals surface area contributed by atoms with Gasteiger partial charge in [-0.05, 0) is 118 Å². The molecule has 2 aromatic heterocycles. The molecule has 10 rings (SSSR count). The molecule has 7 aromatic carbocycles. The van der Waals surface area contributed by atoms with Crippen molar-refractivity contribution >= 4 is 39.4 Å². The van der Waals surface area contributed by atoms with Gasteiger partial charge in [-0.3, -0.25) is 4.57 Å². The van der Waals surface area contributed by atoms with Crippen LogP contribution < -0.4 is 4.90 Å². The topological polar surface area (TPSA) is 21.1 Å². The molecule has 0 bridgehead atoms. The van der Waals surface area contributed by atoms with Crippen LogP contribution in [0.1, 0.15) is 25.0 Å². The average Bonchev–Trinajstić information content (AvgIpc) is 3.94. The van der Waals surface area contributed by atoms with Crippen molar-refractivity contribution in [3.63, 3.8) is 0 Å². The fourth-order valence-electron chi connectivity index (χ4n) is 8.12. The third-order valence-corrected chi connectivity index (χ3v) is 12.0. The van der Waals surface area contributed by atoms with Crippen LogP contribution in [-0.2, 0) is 5.41 Å². The maximum absolute atomic E-state index is 5.13. The monoisotopic (exact) mass is 711 g/mol. The molecule has 0 spiro atoms. The second-order valence-corrected chi connectivity index (χ2v) is 15.5. The van der Waals surface area contributed by atoms with Crippen molar-refractivity contribution in [3.05, 3.63) is 199 Å². The van der Waals surface area contributed by atoms with Gasteiger partial charge in [-0.1, -0.05) is 117 Å². The summed E-state index contributed by atoms with van der Waals surface area (Å²) in [5.74, 6) is 0.924. The van der Waals surface area contributed by atoms with Crippen LogP contribution in [0.5, 0.6) is 0 Å². The summed E-state index contributed by atoms with van der Waals surface area (Å²) < 4.78 is 2.26. The summed E-state index contributed by atoms with van der Waals surface area (Å²) in [6, 6.07) is 67.7. The molecule has 2 heterocycles. The first-order valence-electron chi connectivity index (χ1n) is 18.5. The standard InChI is InChI=1S/C50H37N3S/c1-50(2)43-18-10-9-17-41(43)42-30-29-40(33-44(42)50)52(38-25-21-35(22-26-38)48-32-31-47(54-48)34-13-5-3-6-14-34)39-27-23-36(24-28-39)49-51-45-19-11-12-20-46(45)53(49)37-15-7-4-8-16-37/h3-33H,1-2H3. The van der Waals surface area contributed by atoms with E-state index in [4.69, 9.17) is 4.98 Å². The van der Waals surface area contributed by atoms with Gasteiger partial charge in [-0.25, -0.2) is 4.98 Å². The normalized spacial score (nSPS) is 12.8. The highest BCUT2D eigenvalue weighted by Crippen LogP contribution is 2.50. The number of rotatable bonds is 7. The van der Waals surface area contributed by atoms with Gasteiger partial charge in [0.2, 0.25) is 0 Å². The molecule has 1 aliphatic rings. The van der Waals surface area contributed by atoms with Crippen molar-refractivity contribution in [1.29, 1.82) is 0 Å². The Morgan fingerprint density at radius 2 is 1.04 bits per heavy atom. The number of hydrogen-bond donors (Lipinski definition) is 0. The van der Waals surface area contributed by atoms with E-state index >= 15 is 0 Å². The van der Waals surface area contributed by atoms with Crippen LogP contribution in [0.15, 0.2) is 188 Å². The molecule has 0 aliphatic heterocycles. The molecule has 54 heavy (non-hydrogen) atoms. The minimum absolute atomic E-state index is 0.104. The molecule has 3 nitrogen and oxygen atoms in total. The Bertz CT molecular complexity index is 2780. The number of benzene rings is 7. The van der Waals surface area contributed by atoms with Crippen molar-refractivity contribution in [2.45, 2.75) is 19.3 Å². The number of imidazole rings is 1. The van der Waals surface area contributed by atoms with Gasteiger partial charge in [-0.15, -0.1) is 11.3 Å². The predicted octanol–water partition coefficient (Wildman–Crippen LogP) is 13.9. The van der Waals surface area contributed by atoms with Gasteiger partial charge in [0.15, 0.2) is 0 Å². The molecule has 0 saturated carbocycles. The number of nitrogens with zero attached hydrogens (tertiary/aromatic N) is 3. The number of thiophene rings is 1. The van der Waals surface area contributed by atoms with E-state index < -0.39 is 0 Å². The van der Waals surface area contributed by atoms with Crippen LogP contribution in [0.25, 0.3) is 60.1 Å². The predicted molar refractivity (Wildman–Crippen MR) is 228 cm³/mol. The van der Waals surface area contributed by atoms with E-state index in [9.17, 15) is 0 Å². The van der Waals surface area contributed by atoms with Crippen molar-refractivity contribution in [2.24, 2.45) is 0 Å². The molecule has 0 fully saturated rings. The summed E-state index contributed by atoms with van der Waals surface area (Å²) in [7, 11) is 0. The van der Waals surface area contributed by atoms with Crippen molar-refractivity contribution in [1.82, 2.24) is 9.55 Å². The largest absolute Gasteiger partial charge is 0.310 e. The Morgan fingerprint density at radius 3 is 1.76 bits per heavy atom. The third kappa shape index (κ3) is 5.38. The highest BCUT2D eigenvalue weighted by atomic mass is 32.1. The van der Waals surface area contributed by atoms with Crippen LogP contribution >= 0.6 is 11.3 Å². The highest BCUT2D eigenvalue weighted by molar-refractivity contribution is 7.18. The first-order chi connectivity index (χ1) is 26.5. The second kappa shape index (κ2) is 12.9. The lowest BCUT2D eigenvalue weighted by atomic mass is 9.82. The fourth-order valence-corrected chi connectivity index (χ4v) is 9.14. The molecule has 0 unspecified atom stereocenters. The minimum atomic E-state index is -0.104. The minimum Gasteiger partial charge on any atom is -0.310 e. The molecule has 0 amide bonds. The van der Waals surface area contributed by atoms with Crippen LogP contribution in [0.4, 0.5) is 17.1 Å². The van der Waals surface area contributed by atoms with Crippen molar-refractivity contribution in [3.8, 4) is 49.1 Å². The lowest BCUT2D eigenvalue weighted by Gasteiger charge is -2.28. The fraction of sp³-hybridized carbons (Fsp3) is 0.0600. The number of anilines is 3. The van der Waals surface area contributed by atoms with Crippen molar-refractivity contribution in [2.75, 3.05) is 4.90 Å². The van der Waals surface area contributed by atoms with Crippen LogP contribution in [0.3, 0.4) is 0 Å². The van der Waals surface area contributed by atoms with E-state index in [-0.39, 0.29) is 5.41 Å². The van der Waals surface area contributed by atoms with Crippen LogP contribution in [0, 0.1) is 0 Å². The average molecular weight is 712 g/mol. The van der Waals surface area contributed by atoms with Gasteiger partial charge in [-0.2, -0.15) is 0 Å². The molecular weight excluding hydrogens is 675 g/mol. The zero-order chi connectivity index (χ0) is 36.2. The summed E-state index contributed by atoms with van der Waals surface area (Å²) >= 11 is 1.83. The first-order valence-corrected chi connectivity index (χ1v) is 19.3. The lowest BCUT2D eigenvalue weighted by Crippen LogP contribution is -2.16. The molecule has 9 aromatic rings. The Kier molecular flexibility index (Phi) is 7.67. The van der Waals surface area contributed by atoms with E-state index in [1.165, 1.54) is 43.1 Å². The third-order valence-electron chi connectivity index (χ3n) is 10.9. The Balaban J connectivity index is 1.07. The zero-order valence-electron chi connectivity index (χ0n) is 30.1. The Morgan fingerprint density at radius 1 is 0.481 bits per heavy atom.